The van der Waals surface area contributed by atoms with Crippen LogP contribution in [0.25, 0.3) is 0 Å². The van der Waals surface area contributed by atoms with E-state index in [2.05, 4.69) is 15.1 Å². The van der Waals surface area contributed by atoms with Gasteiger partial charge in [-0.3, -0.25) is 9.78 Å². The highest BCUT2D eigenvalue weighted by Crippen LogP contribution is 2.30. The molecule has 1 amide bonds. The zero-order valence-electron chi connectivity index (χ0n) is 14.2. The fourth-order valence-electron chi connectivity index (χ4n) is 2.06. The molecule has 1 heterocycles. The summed E-state index contributed by atoms with van der Waals surface area (Å²) in [5.74, 6) is -2.84. The molecule has 0 aliphatic carbocycles. The van der Waals surface area contributed by atoms with Crippen LogP contribution in [-0.4, -0.2) is 35.3 Å². The summed E-state index contributed by atoms with van der Waals surface area (Å²) in [7, 11) is 0. The van der Waals surface area contributed by atoms with Crippen molar-refractivity contribution >= 4 is 17.6 Å². The monoisotopic (exact) mass is 382 g/mol. The summed E-state index contributed by atoms with van der Waals surface area (Å²) in [5, 5.41) is 1.70. The van der Waals surface area contributed by atoms with Gasteiger partial charge in [0.15, 0.2) is 0 Å². The van der Waals surface area contributed by atoms with E-state index < -0.39 is 23.7 Å². The van der Waals surface area contributed by atoms with Crippen molar-refractivity contribution in [3.8, 4) is 0 Å². The number of rotatable bonds is 7. The molecule has 0 aliphatic heterocycles. The highest BCUT2D eigenvalue weighted by molar-refractivity contribution is 5.98. The Morgan fingerprint density at radius 3 is 2.26 bits per heavy atom. The van der Waals surface area contributed by atoms with E-state index >= 15 is 0 Å². The normalized spacial score (nSPS) is 13.3. The Kier molecular flexibility index (Phi) is 6.35. The topological polar surface area (TPSA) is 92.4 Å². The van der Waals surface area contributed by atoms with Gasteiger partial charge in [-0.25, -0.2) is 4.79 Å². The number of alkyl halides is 3. The predicted molar refractivity (Wildman–Crippen MR) is 90.3 cm³/mol. The highest BCUT2D eigenvalue weighted by atomic mass is 19.4. The number of nitrogens with zero attached hydrogens (tertiary/aromatic N) is 1. The lowest BCUT2D eigenvalue weighted by Gasteiger charge is -2.35. The van der Waals surface area contributed by atoms with Crippen LogP contribution >= 0.6 is 0 Å². The molecule has 2 aromatic rings. The molecule has 0 aliphatic rings. The zero-order valence-corrected chi connectivity index (χ0v) is 14.2. The molecule has 1 atom stereocenters. The van der Waals surface area contributed by atoms with E-state index in [9.17, 15) is 22.8 Å². The van der Waals surface area contributed by atoms with E-state index in [-0.39, 0.29) is 17.9 Å². The molecule has 0 spiro atoms. The molecule has 0 saturated carbocycles. The van der Waals surface area contributed by atoms with Crippen molar-refractivity contribution in [1.82, 2.24) is 15.7 Å². The second-order valence-corrected chi connectivity index (χ2v) is 5.27. The molecule has 3 N–H and O–H groups in total. The molecule has 0 radical (unpaired) electrons. The maximum Gasteiger partial charge on any atom is 0.438 e. The van der Waals surface area contributed by atoms with Crippen LogP contribution in [0, 0.1) is 0 Å². The number of halogens is 3. The first-order chi connectivity index (χ1) is 12.8. The average molecular weight is 382 g/mol. The van der Waals surface area contributed by atoms with Crippen molar-refractivity contribution in [1.29, 1.82) is 0 Å². The molecule has 1 unspecified atom stereocenters. The quantitative estimate of drug-likeness (QED) is 0.387. The Balaban J connectivity index is 2.37. The first kappa shape index (κ1) is 20.2. The molecule has 0 bridgehead atoms. The van der Waals surface area contributed by atoms with Crippen LogP contribution in [0.1, 0.15) is 17.3 Å². The molecular formula is C17H17F3N4O3. The van der Waals surface area contributed by atoms with Gasteiger partial charge in [-0.15, -0.1) is 0 Å². The van der Waals surface area contributed by atoms with Crippen LogP contribution < -0.4 is 16.2 Å². The van der Waals surface area contributed by atoms with Gasteiger partial charge in [0.1, 0.15) is 0 Å². The average Bonchev–Trinajstić information content (AvgIpc) is 2.65. The summed E-state index contributed by atoms with van der Waals surface area (Å²) >= 11 is 0. The molecular weight excluding hydrogens is 365 g/mol. The molecule has 10 heteroatoms. The molecule has 2 rings (SSSR count). The number of carbonyl (C=O) groups excluding carboxylic acids is 2. The van der Waals surface area contributed by atoms with Gasteiger partial charge in [-0.05, 0) is 31.2 Å². The molecule has 0 saturated heterocycles. The number of hydrogen-bond donors (Lipinski definition) is 3. The van der Waals surface area contributed by atoms with E-state index in [1.165, 1.54) is 43.6 Å². The third-order valence-corrected chi connectivity index (χ3v) is 3.42. The van der Waals surface area contributed by atoms with Crippen molar-refractivity contribution < 1.29 is 27.5 Å². The largest absolute Gasteiger partial charge is 0.463 e. The number of aromatic nitrogens is 1. The number of amides is 1. The van der Waals surface area contributed by atoms with Gasteiger partial charge in [0, 0.05) is 23.6 Å². The first-order valence-electron chi connectivity index (χ1n) is 7.85. The van der Waals surface area contributed by atoms with Gasteiger partial charge in [-0.2, -0.15) is 18.6 Å². The first-order valence-corrected chi connectivity index (χ1v) is 7.85. The second kappa shape index (κ2) is 8.49. The number of nitrogens with one attached hydrogen (secondary N) is 3. The van der Waals surface area contributed by atoms with Crippen LogP contribution in [0.15, 0.2) is 54.9 Å². The molecule has 1 aromatic carbocycles. The van der Waals surface area contributed by atoms with E-state index in [1.807, 2.05) is 5.43 Å². The van der Waals surface area contributed by atoms with Crippen molar-refractivity contribution in [3.63, 3.8) is 0 Å². The van der Waals surface area contributed by atoms with Crippen LogP contribution in [0.5, 0.6) is 0 Å². The fourth-order valence-corrected chi connectivity index (χ4v) is 2.06. The van der Waals surface area contributed by atoms with E-state index in [0.717, 1.165) is 0 Å². The van der Waals surface area contributed by atoms with Gasteiger partial charge in [0.25, 0.3) is 5.91 Å². The predicted octanol–water partition coefficient (Wildman–Crippen LogP) is 2.25. The fraction of sp³-hybridized carbons (Fsp3) is 0.235. The molecule has 27 heavy (non-hydrogen) atoms. The SMILES string of the molecule is CCOC(=O)C(NNc1ccccc1)(NC(=O)c1ccncc1)C(F)(F)F. The second-order valence-electron chi connectivity index (χ2n) is 5.27. The maximum absolute atomic E-state index is 13.9. The van der Waals surface area contributed by atoms with Crippen molar-refractivity contribution in [2.24, 2.45) is 0 Å². The summed E-state index contributed by atoms with van der Waals surface area (Å²) in [6.07, 6.45) is -2.74. The number of para-hydroxylation sites is 1. The minimum absolute atomic E-state index is 0.107. The minimum Gasteiger partial charge on any atom is -0.463 e. The van der Waals surface area contributed by atoms with Crippen LogP contribution in [-0.2, 0) is 9.53 Å². The minimum atomic E-state index is -5.22. The summed E-state index contributed by atoms with van der Waals surface area (Å²) in [4.78, 5) is 28.2. The van der Waals surface area contributed by atoms with Gasteiger partial charge >= 0.3 is 17.8 Å². The van der Waals surface area contributed by atoms with Crippen LogP contribution in [0.4, 0.5) is 18.9 Å². The van der Waals surface area contributed by atoms with Crippen molar-refractivity contribution in [2.75, 3.05) is 12.0 Å². The number of pyridine rings is 1. The number of carbonyl (C=O) groups is 2. The lowest BCUT2D eigenvalue weighted by Crippen LogP contribution is -2.73. The number of benzene rings is 1. The smallest absolute Gasteiger partial charge is 0.438 e. The molecule has 1 aromatic heterocycles. The van der Waals surface area contributed by atoms with Gasteiger partial charge in [-0.1, -0.05) is 18.2 Å². The van der Waals surface area contributed by atoms with E-state index in [1.54, 1.807) is 23.5 Å². The third-order valence-electron chi connectivity index (χ3n) is 3.42. The lowest BCUT2D eigenvalue weighted by atomic mass is 10.1. The number of anilines is 1. The van der Waals surface area contributed by atoms with Gasteiger partial charge < -0.3 is 15.5 Å². The summed E-state index contributed by atoms with van der Waals surface area (Å²) < 4.78 is 46.3. The Labute approximate surface area is 152 Å². The van der Waals surface area contributed by atoms with Crippen LogP contribution in [0.2, 0.25) is 0 Å². The van der Waals surface area contributed by atoms with Gasteiger partial charge in [0.2, 0.25) is 0 Å². The Bertz CT molecular complexity index is 772. The third kappa shape index (κ3) is 4.73. The molecule has 144 valence electrons. The highest BCUT2D eigenvalue weighted by Gasteiger charge is 2.63. The Hall–Kier alpha value is -3.14. The van der Waals surface area contributed by atoms with Crippen LogP contribution in [0.3, 0.4) is 0 Å². The number of esters is 1. The summed E-state index contributed by atoms with van der Waals surface area (Å²) in [6, 6.07) is 10.2. The number of ether oxygens (including phenoxy) is 1. The Morgan fingerprint density at radius 1 is 1.07 bits per heavy atom. The lowest BCUT2D eigenvalue weighted by molar-refractivity contribution is -0.217. The molecule has 7 nitrogen and oxygen atoms in total. The Morgan fingerprint density at radius 2 is 1.70 bits per heavy atom. The standard InChI is InChI=1S/C17H17F3N4O3/c1-2-27-15(26)16(17(18,19)20,24-23-13-6-4-3-5-7-13)22-14(25)12-8-10-21-11-9-12/h3-11,23-24H,2H2,1H3,(H,22,25). The van der Waals surface area contributed by atoms with Crippen molar-refractivity contribution in [3.05, 3.63) is 60.4 Å². The summed E-state index contributed by atoms with van der Waals surface area (Å²) in [5.41, 5.74) is 0.790. The van der Waals surface area contributed by atoms with Crippen molar-refractivity contribution in [2.45, 2.75) is 18.8 Å². The zero-order chi connectivity index (χ0) is 19.9. The maximum atomic E-state index is 13.9. The van der Waals surface area contributed by atoms with E-state index in [4.69, 9.17) is 0 Å². The van der Waals surface area contributed by atoms with Gasteiger partial charge in [0.05, 0.1) is 6.61 Å². The number of hydrogen-bond acceptors (Lipinski definition) is 6. The van der Waals surface area contributed by atoms with E-state index in [0.29, 0.717) is 0 Å². The summed E-state index contributed by atoms with van der Waals surface area (Å²) in [6.45, 7) is 1.04. The number of hydrazine groups is 1. The molecule has 0 fully saturated rings.